The summed E-state index contributed by atoms with van der Waals surface area (Å²) in [6, 6.07) is 9.81. The van der Waals surface area contributed by atoms with Crippen molar-refractivity contribution in [1.29, 1.82) is 0 Å². The monoisotopic (exact) mass is 533 g/mol. The lowest BCUT2D eigenvalue weighted by molar-refractivity contribution is -0.231. The molecule has 0 radical (unpaired) electrons. The Hall–Kier alpha value is -2.00. The molecule has 0 unspecified atom stereocenters. The molecule has 0 spiro atoms. The van der Waals surface area contributed by atoms with Gasteiger partial charge >= 0.3 is 0 Å². The van der Waals surface area contributed by atoms with E-state index in [-0.39, 0.29) is 6.54 Å². The molecule has 9 atom stereocenters. The van der Waals surface area contributed by atoms with E-state index in [0.717, 1.165) is 5.56 Å². The summed E-state index contributed by atoms with van der Waals surface area (Å²) >= 11 is 0. The topological polar surface area (TPSA) is 125 Å². The standard InChI is InChI=1S/C26H35N3O9/c1-25(2)35-21-19(31-5)17(33-23(21)37-25)15-11-27-28-29(15)12-16(30)18-20(32-13-14-9-7-6-8-10-14)22-24(34-18)38-26(3,4)36-22/h6-11,16-24,30H,12-13H2,1-5H3/t16-,17-,18-,19+,20+,21-,22-,23-,24-/m1/s1. The van der Waals surface area contributed by atoms with Gasteiger partial charge in [0.15, 0.2) is 24.2 Å². The number of hydrogen-bond donors (Lipinski definition) is 1. The van der Waals surface area contributed by atoms with Crippen LogP contribution in [0.2, 0.25) is 0 Å². The molecule has 0 aliphatic carbocycles. The van der Waals surface area contributed by atoms with Crippen LogP contribution in [-0.4, -0.2) is 88.0 Å². The third kappa shape index (κ3) is 4.89. The molecule has 5 heterocycles. The molecule has 4 aliphatic heterocycles. The lowest BCUT2D eigenvalue weighted by Crippen LogP contribution is -2.44. The number of rotatable bonds is 8. The molecule has 0 saturated carbocycles. The second kappa shape index (κ2) is 9.88. The lowest BCUT2D eigenvalue weighted by Gasteiger charge is -2.29. The number of aliphatic hydroxyl groups excluding tert-OH is 1. The van der Waals surface area contributed by atoms with Crippen molar-refractivity contribution < 1.29 is 43.0 Å². The summed E-state index contributed by atoms with van der Waals surface area (Å²) in [6.45, 7) is 7.74. The van der Waals surface area contributed by atoms with Crippen molar-refractivity contribution in [2.24, 2.45) is 0 Å². The van der Waals surface area contributed by atoms with Gasteiger partial charge in [0.2, 0.25) is 0 Å². The number of aliphatic hydroxyl groups is 1. The Morgan fingerprint density at radius 2 is 1.61 bits per heavy atom. The van der Waals surface area contributed by atoms with Crippen molar-refractivity contribution in [3.05, 3.63) is 47.8 Å². The Labute approximate surface area is 221 Å². The van der Waals surface area contributed by atoms with Gasteiger partial charge in [-0.1, -0.05) is 35.5 Å². The van der Waals surface area contributed by atoms with Gasteiger partial charge in [-0.25, -0.2) is 4.68 Å². The van der Waals surface area contributed by atoms with Crippen LogP contribution < -0.4 is 0 Å². The average molecular weight is 534 g/mol. The molecule has 1 aromatic carbocycles. The maximum atomic E-state index is 11.4. The first kappa shape index (κ1) is 26.2. The summed E-state index contributed by atoms with van der Waals surface area (Å²) in [7, 11) is 1.60. The molecule has 2 aromatic rings. The highest BCUT2D eigenvalue weighted by Crippen LogP contribution is 2.44. The van der Waals surface area contributed by atoms with E-state index in [2.05, 4.69) is 10.3 Å². The summed E-state index contributed by atoms with van der Waals surface area (Å²) in [4.78, 5) is 0. The second-order valence-corrected chi connectivity index (χ2v) is 11.0. The highest BCUT2D eigenvalue weighted by Gasteiger charge is 2.58. The molecule has 0 bridgehead atoms. The van der Waals surface area contributed by atoms with E-state index in [0.29, 0.717) is 12.3 Å². The Morgan fingerprint density at radius 1 is 0.947 bits per heavy atom. The highest BCUT2D eigenvalue weighted by atomic mass is 16.9. The van der Waals surface area contributed by atoms with Gasteiger partial charge in [0.05, 0.1) is 25.0 Å². The van der Waals surface area contributed by atoms with E-state index in [1.54, 1.807) is 18.0 Å². The van der Waals surface area contributed by atoms with Gasteiger partial charge in [-0.3, -0.25) is 0 Å². The maximum Gasteiger partial charge on any atom is 0.190 e. The van der Waals surface area contributed by atoms with Crippen molar-refractivity contribution >= 4 is 0 Å². The van der Waals surface area contributed by atoms with E-state index in [9.17, 15) is 5.11 Å². The van der Waals surface area contributed by atoms with Crippen LogP contribution in [0.3, 0.4) is 0 Å². The molecule has 0 amide bonds. The third-order valence-corrected chi connectivity index (χ3v) is 7.25. The number of nitrogens with zero attached hydrogens (tertiary/aromatic N) is 3. The maximum absolute atomic E-state index is 11.4. The highest BCUT2D eigenvalue weighted by molar-refractivity contribution is 5.14. The number of aromatic nitrogens is 3. The minimum Gasteiger partial charge on any atom is -0.388 e. The second-order valence-electron chi connectivity index (χ2n) is 11.0. The molecule has 1 aromatic heterocycles. The summed E-state index contributed by atoms with van der Waals surface area (Å²) in [5.41, 5.74) is 1.63. The van der Waals surface area contributed by atoms with Crippen molar-refractivity contribution in [3.8, 4) is 0 Å². The van der Waals surface area contributed by atoms with E-state index in [1.165, 1.54) is 0 Å². The zero-order valence-electron chi connectivity index (χ0n) is 22.1. The van der Waals surface area contributed by atoms with Crippen LogP contribution in [0.1, 0.15) is 45.1 Å². The van der Waals surface area contributed by atoms with Crippen LogP contribution >= 0.6 is 0 Å². The van der Waals surface area contributed by atoms with E-state index in [4.69, 9.17) is 37.9 Å². The summed E-state index contributed by atoms with van der Waals surface area (Å²) < 4.78 is 49.8. The van der Waals surface area contributed by atoms with Crippen molar-refractivity contribution in [2.45, 2.75) is 108 Å². The zero-order chi connectivity index (χ0) is 26.7. The molecule has 4 aliphatic rings. The third-order valence-electron chi connectivity index (χ3n) is 7.25. The first-order chi connectivity index (χ1) is 18.1. The van der Waals surface area contributed by atoms with E-state index >= 15 is 0 Å². The normalized spacial score (nSPS) is 37.8. The fourth-order valence-electron chi connectivity index (χ4n) is 5.65. The Balaban J connectivity index is 1.18. The van der Waals surface area contributed by atoms with Crippen molar-refractivity contribution in [1.82, 2.24) is 15.0 Å². The average Bonchev–Trinajstić information content (AvgIpc) is 3.64. The molecule has 6 rings (SSSR count). The summed E-state index contributed by atoms with van der Waals surface area (Å²) in [5, 5.41) is 19.6. The Bertz CT molecular complexity index is 1110. The van der Waals surface area contributed by atoms with Crippen molar-refractivity contribution in [2.75, 3.05) is 7.11 Å². The SMILES string of the molecule is CO[C@@H]1[C@H]2OC(C)(C)O[C@H]2O[C@@H]1c1cnnn1C[C@@H](O)[C@H]1O[C@@H]2OC(C)(C)O[C@@H]2[C@H]1OCc1ccccc1. The number of methoxy groups -OCH3 is 1. The van der Waals surface area contributed by atoms with Gasteiger partial charge < -0.3 is 43.0 Å². The molecule has 4 saturated heterocycles. The van der Waals surface area contributed by atoms with Crippen LogP contribution in [0.25, 0.3) is 0 Å². The quantitative estimate of drug-likeness (QED) is 0.533. The van der Waals surface area contributed by atoms with Crippen molar-refractivity contribution in [3.63, 3.8) is 0 Å². The van der Waals surface area contributed by atoms with Crippen LogP contribution in [-0.2, 0) is 51.0 Å². The zero-order valence-corrected chi connectivity index (χ0v) is 22.1. The minimum atomic E-state index is -1.01. The van der Waals surface area contributed by atoms with Crippen LogP contribution in [0.4, 0.5) is 0 Å². The fourth-order valence-corrected chi connectivity index (χ4v) is 5.65. The van der Waals surface area contributed by atoms with Gasteiger partial charge in [-0.2, -0.15) is 0 Å². The number of hydrogen-bond acceptors (Lipinski definition) is 11. The van der Waals surface area contributed by atoms with Crippen LogP contribution in [0.15, 0.2) is 36.5 Å². The first-order valence-electron chi connectivity index (χ1n) is 12.9. The molecule has 4 fully saturated rings. The minimum absolute atomic E-state index is 0.0763. The molecule has 38 heavy (non-hydrogen) atoms. The molecule has 12 heteroatoms. The summed E-state index contributed by atoms with van der Waals surface area (Å²) in [5.74, 6) is -1.58. The predicted molar refractivity (Wildman–Crippen MR) is 128 cm³/mol. The summed E-state index contributed by atoms with van der Waals surface area (Å²) in [6.07, 6.45) is -3.83. The van der Waals surface area contributed by atoms with Gasteiger partial charge in [-0.05, 0) is 33.3 Å². The fraction of sp³-hybridized carbons (Fsp3) is 0.692. The largest absolute Gasteiger partial charge is 0.388 e. The van der Waals surface area contributed by atoms with Gasteiger partial charge in [0.25, 0.3) is 0 Å². The Morgan fingerprint density at radius 3 is 2.29 bits per heavy atom. The molecular formula is C26H35N3O9. The molecule has 12 nitrogen and oxygen atoms in total. The van der Waals surface area contributed by atoms with E-state index in [1.807, 2.05) is 58.0 Å². The predicted octanol–water partition coefficient (Wildman–Crippen LogP) is 1.66. The molecule has 208 valence electrons. The lowest BCUT2D eigenvalue weighted by atomic mass is 10.0. The number of ether oxygens (including phenoxy) is 8. The van der Waals surface area contributed by atoms with Gasteiger partial charge in [0.1, 0.15) is 42.7 Å². The van der Waals surface area contributed by atoms with Crippen LogP contribution in [0, 0.1) is 0 Å². The van der Waals surface area contributed by atoms with Gasteiger partial charge in [-0.15, -0.1) is 5.10 Å². The molecule has 1 N–H and O–H groups in total. The van der Waals surface area contributed by atoms with E-state index < -0.39 is 66.9 Å². The number of benzene rings is 1. The Kier molecular flexibility index (Phi) is 6.82. The molecular weight excluding hydrogens is 498 g/mol. The van der Waals surface area contributed by atoms with Gasteiger partial charge in [0, 0.05) is 7.11 Å². The number of fused-ring (bicyclic) bond motifs is 2. The smallest absolute Gasteiger partial charge is 0.190 e. The van der Waals surface area contributed by atoms with Crippen LogP contribution in [0.5, 0.6) is 0 Å². The first-order valence-corrected chi connectivity index (χ1v) is 12.9.